The minimum absolute atomic E-state index is 0.734. The SMILES string of the molecule is COc1ccc(Nc2nnc(SCc3cc(OC)c(OC)cc3C)s2)cc1. The molecule has 3 aromatic rings. The summed E-state index contributed by atoms with van der Waals surface area (Å²) in [6.07, 6.45) is 0. The van der Waals surface area contributed by atoms with Crippen molar-refractivity contribution in [1.82, 2.24) is 10.2 Å². The van der Waals surface area contributed by atoms with E-state index in [-0.39, 0.29) is 0 Å². The van der Waals surface area contributed by atoms with Crippen molar-refractivity contribution in [3.05, 3.63) is 47.5 Å². The number of methoxy groups -OCH3 is 3. The van der Waals surface area contributed by atoms with Gasteiger partial charge in [-0.2, -0.15) is 0 Å². The second-order valence-electron chi connectivity index (χ2n) is 5.65. The van der Waals surface area contributed by atoms with E-state index >= 15 is 0 Å². The summed E-state index contributed by atoms with van der Waals surface area (Å²) in [6.45, 7) is 2.06. The maximum atomic E-state index is 5.39. The smallest absolute Gasteiger partial charge is 0.210 e. The zero-order valence-electron chi connectivity index (χ0n) is 15.6. The number of benzene rings is 2. The molecule has 0 atom stereocenters. The zero-order valence-corrected chi connectivity index (χ0v) is 17.2. The van der Waals surface area contributed by atoms with Crippen molar-refractivity contribution in [3.8, 4) is 17.2 Å². The summed E-state index contributed by atoms with van der Waals surface area (Å²) in [7, 11) is 4.94. The summed E-state index contributed by atoms with van der Waals surface area (Å²) in [4.78, 5) is 0. The second kappa shape index (κ2) is 8.96. The molecule has 0 aliphatic heterocycles. The number of nitrogens with one attached hydrogen (secondary N) is 1. The monoisotopic (exact) mass is 403 g/mol. The summed E-state index contributed by atoms with van der Waals surface area (Å²) >= 11 is 3.17. The Hall–Kier alpha value is -2.45. The van der Waals surface area contributed by atoms with Crippen molar-refractivity contribution in [3.63, 3.8) is 0 Å². The molecular formula is C19H21N3O3S2. The molecule has 0 fully saturated rings. The van der Waals surface area contributed by atoms with Gasteiger partial charge in [0.1, 0.15) is 5.75 Å². The van der Waals surface area contributed by atoms with Crippen LogP contribution in [0.1, 0.15) is 11.1 Å². The predicted molar refractivity (Wildman–Crippen MR) is 110 cm³/mol. The van der Waals surface area contributed by atoms with Gasteiger partial charge in [-0.05, 0) is 54.4 Å². The molecule has 142 valence electrons. The minimum Gasteiger partial charge on any atom is -0.497 e. The van der Waals surface area contributed by atoms with Crippen LogP contribution in [0.3, 0.4) is 0 Å². The van der Waals surface area contributed by atoms with E-state index in [0.29, 0.717) is 0 Å². The number of anilines is 2. The van der Waals surface area contributed by atoms with E-state index in [4.69, 9.17) is 14.2 Å². The molecule has 2 aromatic carbocycles. The van der Waals surface area contributed by atoms with Gasteiger partial charge in [0.15, 0.2) is 15.8 Å². The molecule has 0 aliphatic carbocycles. The van der Waals surface area contributed by atoms with Crippen LogP contribution >= 0.6 is 23.1 Å². The summed E-state index contributed by atoms with van der Waals surface area (Å²) in [5.74, 6) is 3.08. The van der Waals surface area contributed by atoms with Crippen LogP contribution in [0.4, 0.5) is 10.8 Å². The van der Waals surface area contributed by atoms with E-state index in [1.165, 1.54) is 16.9 Å². The molecule has 0 saturated heterocycles. The highest BCUT2D eigenvalue weighted by Gasteiger charge is 2.11. The van der Waals surface area contributed by atoms with E-state index in [9.17, 15) is 0 Å². The third kappa shape index (κ3) is 4.84. The molecular weight excluding hydrogens is 382 g/mol. The molecule has 0 aliphatic rings. The first kappa shape index (κ1) is 19.3. The molecule has 27 heavy (non-hydrogen) atoms. The molecule has 0 amide bonds. The number of ether oxygens (including phenoxy) is 3. The molecule has 6 nitrogen and oxygen atoms in total. The maximum absolute atomic E-state index is 5.39. The van der Waals surface area contributed by atoms with Crippen molar-refractivity contribution in [2.75, 3.05) is 26.6 Å². The van der Waals surface area contributed by atoms with Gasteiger partial charge in [0.25, 0.3) is 0 Å². The molecule has 3 rings (SSSR count). The van der Waals surface area contributed by atoms with Gasteiger partial charge in [-0.15, -0.1) is 10.2 Å². The fourth-order valence-corrected chi connectivity index (χ4v) is 4.27. The first-order valence-corrected chi connectivity index (χ1v) is 10.0. The minimum atomic E-state index is 0.734. The Morgan fingerprint density at radius 2 is 1.67 bits per heavy atom. The van der Waals surface area contributed by atoms with Crippen LogP contribution in [0, 0.1) is 6.92 Å². The van der Waals surface area contributed by atoms with E-state index in [0.717, 1.165) is 43.7 Å². The van der Waals surface area contributed by atoms with Gasteiger partial charge in [0.2, 0.25) is 5.13 Å². The number of hydrogen-bond acceptors (Lipinski definition) is 8. The third-order valence-electron chi connectivity index (χ3n) is 3.94. The standard InChI is InChI=1S/C19H21N3O3S2/c1-12-9-16(24-3)17(25-4)10-13(12)11-26-19-22-21-18(27-19)20-14-5-7-15(23-2)8-6-14/h5-10H,11H2,1-4H3,(H,20,21). The predicted octanol–water partition coefficient (Wildman–Crippen LogP) is 4.91. The number of nitrogens with zero attached hydrogens (tertiary/aromatic N) is 2. The topological polar surface area (TPSA) is 65.5 Å². The lowest BCUT2D eigenvalue weighted by Gasteiger charge is -2.12. The fourth-order valence-electron chi connectivity index (χ4n) is 2.43. The highest BCUT2D eigenvalue weighted by molar-refractivity contribution is 8.00. The van der Waals surface area contributed by atoms with E-state index in [2.05, 4.69) is 22.4 Å². The summed E-state index contributed by atoms with van der Waals surface area (Å²) < 4.78 is 16.8. The summed E-state index contributed by atoms with van der Waals surface area (Å²) in [5.41, 5.74) is 3.28. The average molecular weight is 404 g/mol. The molecule has 0 unspecified atom stereocenters. The lowest BCUT2D eigenvalue weighted by molar-refractivity contribution is 0.354. The van der Waals surface area contributed by atoms with E-state index in [1.54, 1.807) is 33.1 Å². The lowest BCUT2D eigenvalue weighted by atomic mass is 10.1. The largest absolute Gasteiger partial charge is 0.497 e. The average Bonchev–Trinajstić information content (AvgIpc) is 3.14. The van der Waals surface area contributed by atoms with Crippen molar-refractivity contribution in [2.24, 2.45) is 0 Å². The highest BCUT2D eigenvalue weighted by Crippen LogP contribution is 2.35. The van der Waals surface area contributed by atoms with Gasteiger partial charge >= 0.3 is 0 Å². The van der Waals surface area contributed by atoms with Crippen LogP contribution in [-0.2, 0) is 5.75 Å². The Kier molecular flexibility index (Phi) is 6.41. The number of thioether (sulfide) groups is 1. The molecule has 1 aromatic heterocycles. The molecule has 0 saturated carbocycles. The maximum Gasteiger partial charge on any atom is 0.210 e. The fraction of sp³-hybridized carbons (Fsp3) is 0.263. The highest BCUT2D eigenvalue weighted by atomic mass is 32.2. The molecule has 1 heterocycles. The number of hydrogen-bond donors (Lipinski definition) is 1. The second-order valence-corrected chi connectivity index (χ2v) is 7.85. The Morgan fingerprint density at radius 3 is 2.33 bits per heavy atom. The molecule has 0 bridgehead atoms. The van der Waals surface area contributed by atoms with Crippen molar-refractivity contribution in [2.45, 2.75) is 17.0 Å². The van der Waals surface area contributed by atoms with Gasteiger partial charge in [-0.1, -0.05) is 23.1 Å². The van der Waals surface area contributed by atoms with Gasteiger partial charge in [0, 0.05) is 11.4 Å². The summed E-state index contributed by atoms with van der Waals surface area (Å²) in [6, 6.07) is 11.7. The van der Waals surface area contributed by atoms with Gasteiger partial charge in [-0.3, -0.25) is 0 Å². The van der Waals surface area contributed by atoms with Crippen LogP contribution in [0.25, 0.3) is 0 Å². The first-order valence-electron chi connectivity index (χ1n) is 8.21. The van der Waals surface area contributed by atoms with Crippen LogP contribution in [0.5, 0.6) is 17.2 Å². The molecule has 8 heteroatoms. The first-order chi connectivity index (χ1) is 13.1. The number of aromatic nitrogens is 2. The van der Waals surface area contributed by atoms with Crippen LogP contribution in [-0.4, -0.2) is 31.5 Å². The van der Waals surface area contributed by atoms with Crippen molar-refractivity contribution in [1.29, 1.82) is 0 Å². The van der Waals surface area contributed by atoms with Gasteiger partial charge < -0.3 is 19.5 Å². The quantitative estimate of drug-likeness (QED) is 0.536. The number of aryl methyl sites for hydroxylation is 1. The number of rotatable bonds is 8. The van der Waals surface area contributed by atoms with E-state index in [1.807, 2.05) is 36.4 Å². The van der Waals surface area contributed by atoms with Crippen LogP contribution in [0.15, 0.2) is 40.7 Å². The van der Waals surface area contributed by atoms with E-state index < -0.39 is 0 Å². The summed E-state index contributed by atoms with van der Waals surface area (Å²) in [5, 5.41) is 12.5. The van der Waals surface area contributed by atoms with Crippen molar-refractivity contribution >= 4 is 33.9 Å². The third-order valence-corrected chi connectivity index (χ3v) is 5.96. The van der Waals surface area contributed by atoms with Crippen LogP contribution < -0.4 is 19.5 Å². The zero-order chi connectivity index (χ0) is 19.2. The van der Waals surface area contributed by atoms with Gasteiger partial charge in [-0.25, -0.2) is 0 Å². The van der Waals surface area contributed by atoms with Crippen molar-refractivity contribution < 1.29 is 14.2 Å². The Balaban J connectivity index is 1.64. The Bertz CT molecular complexity index is 898. The molecule has 1 N–H and O–H groups in total. The normalized spacial score (nSPS) is 10.5. The Labute approximate surface area is 166 Å². The van der Waals surface area contributed by atoms with Crippen LogP contribution in [0.2, 0.25) is 0 Å². The molecule has 0 radical (unpaired) electrons. The molecule has 0 spiro atoms. The Morgan fingerprint density at radius 1 is 0.963 bits per heavy atom. The lowest BCUT2D eigenvalue weighted by Crippen LogP contribution is -1.95. The van der Waals surface area contributed by atoms with Gasteiger partial charge in [0.05, 0.1) is 21.3 Å².